The van der Waals surface area contributed by atoms with Crippen molar-refractivity contribution in [1.82, 2.24) is 5.32 Å². The van der Waals surface area contributed by atoms with Crippen LogP contribution in [0.3, 0.4) is 0 Å². The van der Waals surface area contributed by atoms with Gasteiger partial charge in [0.25, 0.3) is 21.7 Å². The molecule has 2 rings (SSSR count). The molecule has 10 heteroatoms. The summed E-state index contributed by atoms with van der Waals surface area (Å²) in [6.07, 6.45) is 0. The minimum Gasteiger partial charge on any atom is -0.352 e. The van der Waals surface area contributed by atoms with Crippen molar-refractivity contribution in [3.63, 3.8) is 0 Å². The van der Waals surface area contributed by atoms with Crippen molar-refractivity contribution in [2.75, 3.05) is 11.9 Å². The number of rotatable bonds is 5. The first-order valence-electron chi connectivity index (χ1n) is 7.67. The second-order valence-electron chi connectivity index (χ2n) is 5.37. The number of amides is 2. The van der Waals surface area contributed by atoms with Crippen LogP contribution >= 0.6 is 0 Å². The lowest BCUT2D eigenvalue weighted by Crippen LogP contribution is -2.23. The third kappa shape index (κ3) is 4.64. The van der Waals surface area contributed by atoms with Crippen LogP contribution in [-0.2, 0) is 9.84 Å². The van der Waals surface area contributed by atoms with E-state index < -0.39 is 26.1 Å². The largest absolute Gasteiger partial charge is 0.501 e. The van der Waals surface area contributed by atoms with Crippen LogP contribution in [0.15, 0.2) is 53.4 Å². The first-order chi connectivity index (χ1) is 12.6. The highest BCUT2D eigenvalue weighted by Gasteiger charge is 2.46. The maximum absolute atomic E-state index is 12.5. The summed E-state index contributed by atoms with van der Waals surface area (Å²) in [6, 6.07) is 9.44. The van der Waals surface area contributed by atoms with Crippen molar-refractivity contribution < 1.29 is 31.2 Å². The van der Waals surface area contributed by atoms with Crippen LogP contribution in [0, 0.1) is 0 Å². The Morgan fingerprint density at radius 3 is 2.15 bits per heavy atom. The molecule has 27 heavy (non-hydrogen) atoms. The Hall–Kier alpha value is -2.88. The van der Waals surface area contributed by atoms with E-state index in [0.717, 1.165) is 12.1 Å². The summed E-state index contributed by atoms with van der Waals surface area (Å²) in [7, 11) is -5.47. The number of benzene rings is 2. The van der Waals surface area contributed by atoms with Gasteiger partial charge < -0.3 is 10.6 Å². The Morgan fingerprint density at radius 1 is 0.963 bits per heavy atom. The van der Waals surface area contributed by atoms with Gasteiger partial charge in [-0.25, -0.2) is 8.42 Å². The fourth-order valence-electron chi connectivity index (χ4n) is 2.12. The maximum atomic E-state index is 12.5. The fraction of sp³-hybridized carbons (Fsp3) is 0.176. The fourth-order valence-corrected chi connectivity index (χ4v) is 2.88. The molecular formula is C17H15F3N2O4S. The van der Waals surface area contributed by atoms with Gasteiger partial charge in [0.1, 0.15) is 0 Å². The zero-order valence-electron chi connectivity index (χ0n) is 14.0. The molecule has 0 atom stereocenters. The van der Waals surface area contributed by atoms with E-state index in [-0.39, 0.29) is 11.5 Å². The lowest BCUT2D eigenvalue weighted by Gasteiger charge is -2.10. The summed E-state index contributed by atoms with van der Waals surface area (Å²) in [5, 5.41) is 5.10. The molecule has 0 fully saturated rings. The van der Waals surface area contributed by atoms with Gasteiger partial charge in [-0.3, -0.25) is 9.59 Å². The van der Waals surface area contributed by atoms with E-state index in [1.54, 1.807) is 19.1 Å². The molecule has 2 aromatic rings. The average Bonchev–Trinajstić information content (AvgIpc) is 2.61. The zero-order valence-corrected chi connectivity index (χ0v) is 14.8. The van der Waals surface area contributed by atoms with Gasteiger partial charge in [0.2, 0.25) is 0 Å². The van der Waals surface area contributed by atoms with Gasteiger partial charge in [0, 0.05) is 23.4 Å². The number of hydrogen-bond donors (Lipinski definition) is 2. The van der Waals surface area contributed by atoms with Crippen molar-refractivity contribution >= 4 is 27.3 Å². The van der Waals surface area contributed by atoms with Crippen molar-refractivity contribution in [3.05, 3.63) is 59.7 Å². The van der Waals surface area contributed by atoms with E-state index in [4.69, 9.17) is 0 Å². The minimum absolute atomic E-state index is 0.0421. The second kappa shape index (κ2) is 7.78. The molecule has 144 valence electrons. The molecule has 2 amide bonds. The van der Waals surface area contributed by atoms with E-state index >= 15 is 0 Å². The van der Waals surface area contributed by atoms with Crippen LogP contribution in [0.25, 0.3) is 0 Å². The molecule has 2 aromatic carbocycles. The van der Waals surface area contributed by atoms with Gasteiger partial charge in [-0.2, -0.15) is 13.2 Å². The van der Waals surface area contributed by atoms with Crippen LogP contribution < -0.4 is 10.6 Å². The average molecular weight is 400 g/mol. The Balaban J connectivity index is 2.18. The lowest BCUT2D eigenvalue weighted by atomic mass is 10.1. The monoisotopic (exact) mass is 400 g/mol. The molecular weight excluding hydrogens is 385 g/mol. The maximum Gasteiger partial charge on any atom is 0.501 e. The summed E-state index contributed by atoms with van der Waals surface area (Å²) < 4.78 is 60.2. The Bertz CT molecular complexity index is 955. The standard InChI is InChI=1S/C17H15F3N2O4S/c1-2-21-15(23)12-4-3-5-13(10-12)22-16(24)11-6-8-14(9-7-11)27(25,26)17(18,19)20/h3-10H,2H2,1H3,(H,21,23)(H,22,24). The second-order valence-corrected chi connectivity index (χ2v) is 7.31. The number of nitrogens with one attached hydrogen (secondary N) is 2. The molecule has 0 aliphatic rings. The highest BCUT2D eigenvalue weighted by Crippen LogP contribution is 2.30. The quantitative estimate of drug-likeness (QED) is 0.807. The highest BCUT2D eigenvalue weighted by atomic mass is 32.2. The summed E-state index contributed by atoms with van der Waals surface area (Å²) >= 11 is 0. The molecule has 0 aromatic heterocycles. The number of carbonyl (C=O) groups is 2. The van der Waals surface area contributed by atoms with E-state index in [0.29, 0.717) is 29.9 Å². The number of halogens is 3. The third-order valence-electron chi connectivity index (χ3n) is 3.45. The molecule has 0 saturated carbocycles. The summed E-state index contributed by atoms with van der Waals surface area (Å²) in [4.78, 5) is 23.0. The van der Waals surface area contributed by atoms with Crippen molar-refractivity contribution in [2.45, 2.75) is 17.3 Å². The van der Waals surface area contributed by atoms with Crippen LogP contribution in [0.1, 0.15) is 27.6 Å². The molecule has 0 heterocycles. The zero-order chi connectivity index (χ0) is 20.2. The van der Waals surface area contributed by atoms with Gasteiger partial charge in [-0.15, -0.1) is 0 Å². The van der Waals surface area contributed by atoms with Crippen molar-refractivity contribution in [3.8, 4) is 0 Å². The number of carbonyl (C=O) groups excluding carboxylic acids is 2. The van der Waals surface area contributed by atoms with E-state index in [1.165, 1.54) is 12.1 Å². The van der Waals surface area contributed by atoms with E-state index in [9.17, 15) is 31.2 Å². The summed E-state index contributed by atoms with van der Waals surface area (Å²) in [5.41, 5.74) is -4.84. The number of anilines is 1. The van der Waals surface area contributed by atoms with Gasteiger partial charge >= 0.3 is 5.51 Å². The van der Waals surface area contributed by atoms with Gasteiger partial charge in [0.15, 0.2) is 0 Å². The smallest absolute Gasteiger partial charge is 0.352 e. The predicted octanol–water partition coefficient (Wildman–Crippen LogP) is 2.98. The first-order valence-corrected chi connectivity index (χ1v) is 9.15. The summed E-state index contributed by atoms with van der Waals surface area (Å²) in [5.74, 6) is -0.991. The molecule has 0 unspecified atom stereocenters. The Kier molecular flexibility index (Phi) is 5.89. The van der Waals surface area contributed by atoms with E-state index in [2.05, 4.69) is 10.6 Å². The van der Waals surface area contributed by atoms with Crippen LogP contribution in [-0.4, -0.2) is 32.3 Å². The first kappa shape index (κ1) is 20.4. The highest BCUT2D eigenvalue weighted by molar-refractivity contribution is 7.92. The Labute approximate surface area is 153 Å². The molecule has 0 saturated heterocycles. The van der Waals surface area contributed by atoms with E-state index in [1.807, 2.05) is 0 Å². The molecule has 0 spiro atoms. The predicted molar refractivity (Wildman–Crippen MR) is 92.1 cm³/mol. The molecule has 0 bridgehead atoms. The summed E-state index contributed by atoms with van der Waals surface area (Å²) in [6.45, 7) is 2.19. The van der Waals surface area contributed by atoms with Gasteiger partial charge in [-0.1, -0.05) is 6.07 Å². The molecule has 6 nitrogen and oxygen atoms in total. The molecule has 0 aliphatic heterocycles. The van der Waals surface area contributed by atoms with Crippen LogP contribution in [0.4, 0.5) is 18.9 Å². The third-order valence-corrected chi connectivity index (χ3v) is 4.95. The van der Waals surface area contributed by atoms with Crippen molar-refractivity contribution in [1.29, 1.82) is 0 Å². The topological polar surface area (TPSA) is 92.3 Å². The number of sulfone groups is 1. The van der Waals surface area contributed by atoms with Crippen LogP contribution in [0.2, 0.25) is 0 Å². The SMILES string of the molecule is CCNC(=O)c1cccc(NC(=O)c2ccc(S(=O)(=O)C(F)(F)F)cc2)c1. The lowest BCUT2D eigenvalue weighted by molar-refractivity contribution is -0.0436. The number of hydrogen-bond acceptors (Lipinski definition) is 4. The molecule has 0 radical (unpaired) electrons. The van der Waals surface area contributed by atoms with Crippen molar-refractivity contribution in [2.24, 2.45) is 0 Å². The number of alkyl halides is 3. The Morgan fingerprint density at radius 2 is 1.59 bits per heavy atom. The normalized spacial score (nSPS) is 11.7. The van der Waals surface area contributed by atoms with Crippen LogP contribution in [0.5, 0.6) is 0 Å². The minimum atomic E-state index is -5.47. The molecule has 0 aliphatic carbocycles. The van der Waals surface area contributed by atoms with Gasteiger partial charge in [-0.05, 0) is 49.4 Å². The van der Waals surface area contributed by atoms with Gasteiger partial charge in [0.05, 0.1) is 4.90 Å². The molecule has 2 N–H and O–H groups in total.